The van der Waals surface area contributed by atoms with E-state index in [9.17, 15) is 19.5 Å². The zero-order valence-corrected chi connectivity index (χ0v) is 9.25. The Kier molecular flexibility index (Phi) is 9.41. The molecule has 0 aliphatic carbocycles. The predicted octanol–water partition coefficient (Wildman–Crippen LogP) is 1.07. The van der Waals surface area contributed by atoms with Crippen molar-refractivity contribution in [2.24, 2.45) is 5.92 Å². The van der Waals surface area contributed by atoms with E-state index in [2.05, 4.69) is 0 Å². The summed E-state index contributed by atoms with van der Waals surface area (Å²) in [4.78, 5) is 30.6. The minimum Gasteiger partial charge on any atom is -0.389 e. The van der Waals surface area contributed by atoms with Crippen LogP contribution in [0.5, 0.6) is 0 Å². The molecule has 1 atom stereocenters. The molecule has 4 heteroatoms. The molecule has 0 saturated carbocycles. The van der Waals surface area contributed by atoms with Gasteiger partial charge in [-0.1, -0.05) is 25.3 Å². The number of allylic oxidation sites excluding steroid dienone is 1. The number of carbonyl (C=O) groups excluding carboxylic acids is 3. The van der Waals surface area contributed by atoms with Crippen molar-refractivity contribution in [1.29, 1.82) is 0 Å². The first-order valence-corrected chi connectivity index (χ1v) is 5.45. The van der Waals surface area contributed by atoms with Crippen LogP contribution in [0.3, 0.4) is 0 Å². The van der Waals surface area contributed by atoms with Crippen LogP contribution in [0.15, 0.2) is 12.2 Å². The van der Waals surface area contributed by atoms with Crippen LogP contribution >= 0.6 is 0 Å². The summed E-state index contributed by atoms with van der Waals surface area (Å²) >= 11 is 0. The maximum absolute atomic E-state index is 10.3. The molecule has 0 radical (unpaired) electrons. The Bertz CT molecular complexity index is 227. The Labute approximate surface area is 95.3 Å². The standard InChI is InChI=1S/C12H18O4/c13-8-4-7-12(16)6-3-1-2-5-11(9-14)10-15/h4,7-12,16H,1-3,5-6H2. The second-order valence-corrected chi connectivity index (χ2v) is 3.66. The molecule has 0 rings (SSSR count). The van der Waals surface area contributed by atoms with Gasteiger partial charge in [0.1, 0.15) is 18.9 Å². The quantitative estimate of drug-likeness (QED) is 0.262. The zero-order valence-electron chi connectivity index (χ0n) is 9.25. The lowest BCUT2D eigenvalue weighted by Crippen LogP contribution is -2.04. The average molecular weight is 226 g/mol. The van der Waals surface area contributed by atoms with E-state index in [4.69, 9.17) is 0 Å². The van der Waals surface area contributed by atoms with Crippen LogP contribution in [0.25, 0.3) is 0 Å². The maximum atomic E-state index is 10.3. The largest absolute Gasteiger partial charge is 0.389 e. The molecule has 16 heavy (non-hydrogen) atoms. The molecule has 0 aliphatic heterocycles. The number of aliphatic hydroxyl groups excluding tert-OH is 1. The lowest BCUT2D eigenvalue weighted by Gasteiger charge is -2.05. The van der Waals surface area contributed by atoms with Crippen LogP contribution in [0.1, 0.15) is 32.1 Å². The van der Waals surface area contributed by atoms with Crippen molar-refractivity contribution in [3.63, 3.8) is 0 Å². The summed E-state index contributed by atoms with van der Waals surface area (Å²) in [6.45, 7) is 0. The van der Waals surface area contributed by atoms with Crippen molar-refractivity contribution < 1.29 is 19.5 Å². The Morgan fingerprint density at radius 3 is 2.12 bits per heavy atom. The molecule has 4 nitrogen and oxygen atoms in total. The molecule has 0 aromatic rings. The zero-order chi connectivity index (χ0) is 12.2. The lowest BCUT2D eigenvalue weighted by atomic mass is 10.0. The Morgan fingerprint density at radius 1 is 0.938 bits per heavy atom. The summed E-state index contributed by atoms with van der Waals surface area (Å²) in [5, 5.41) is 9.32. The van der Waals surface area contributed by atoms with Gasteiger partial charge in [0.05, 0.1) is 12.0 Å². The van der Waals surface area contributed by atoms with Crippen molar-refractivity contribution in [3.05, 3.63) is 12.2 Å². The van der Waals surface area contributed by atoms with Crippen LogP contribution in [0, 0.1) is 5.92 Å². The third-order valence-corrected chi connectivity index (χ3v) is 2.30. The van der Waals surface area contributed by atoms with Crippen LogP contribution in [-0.2, 0) is 14.4 Å². The normalized spacial score (nSPS) is 12.9. The highest BCUT2D eigenvalue weighted by Gasteiger charge is 2.04. The van der Waals surface area contributed by atoms with Crippen LogP contribution < -0.4 is 0 Å². The van der Waals surface area contributed by atoms with Gasteiger partial charge in [0, 0.05) is 0 Å². The third kappa shape index (κ3) is 8.05. The van der Waals surface area contributed by atoms with Gasteiger partial charge in [0.25, 0.3) is 0 Å². The minimum absolute atomic E-state index is 0.486. The summed E-state index contributed by atoms with van der Waals surface area (Å²) in [5.74, 6) is -0.486. The smallest absolute Gasteiger partial charge is 0.142 e. The van der Waals surface area contributed by atoms with Gasteiger partial charge in [-0.05, 0) is 18.9 Å². The molecule has 0 saturated heterocycles. The summed E-state index contributed by atoms with van der Waals surface area (Å²) < 4.78 is 0. The second-order valence-electron chi connectivity index (χ2n) is 3.66. The summed E-state index contributed by atoms with van der Waals surface area (Å²) in [6.07, 6.45) is 7.74. The molecule has 1 unspecified atom stereocenters. The number of aldehydes is 3. The summed E-state index contributed by atoms with van der Waals surface area (Å²) in [6, 6.07) is 0. The molecular weight excluding hydrogens is 208 g/mol. The van der Waals surface area contributed by atoms with E-state index in [1.807, 2.05) is 0 Å². The number of hydrogen-bond acceptors (Lipinski definition) is 4. The van der Waals surface area contributed by atoms with E-state index in [0.717, 1.165) is 19.3 Å². The highest BCUT2D eigenvalue weighted by atomic mass is 16.3. The summed E-state index contributed by atoms with van der Waals surface area (Å²) in [5.41, 5.74) is 0. The number of hydrogen-bond donors (Lipinski definition) is 1. The molecule has 0 aromatic heterocycles. The molecule has 0 bridgehead atoms. The van der Waals surface area contributed by atoms with Gasteiger partial charge < -0.3 is 14.7 Å². The van der Waals surface area contributed by atoms with Crippen molar-refractivity contribution in [2.75, 3.05) is 0 Å². The number of carbonyl (C=O) groups is 3. The van der Waals surface area contributed by atoms with E-state index in [-0.39, 0.29) is 0 Å². The fraction of sp³-hybridized carbons (Fsp3) is 0.583. The second kappa shape index (κ2) is 10.2. The molecule has 0 amide bonds. The van der Waals surface area contributed by atoms with E-state index in [1.54, 1.807) is 0 Å². The van der Waals surface area contributed by atoms with Gasteiger partial charge >= 0.3 is 0 Å². The van der Waals surface area contributed by atoms with Gasteiger partial charge in [-0.3, -0.25) is 4.79 Å². The highest BCUT2D eigenvalue weighted by Crippen LogP contribution is 2.09. The van der Waals surface area contributed by atoms with E-state index in [0.29, 0.717) is 31.7 Å². The molecule has 1 N–H and O–H groups in total. The van der Waals surface area contributed by atoms with Crippen LogP contribution in [0.4, 0.5) is 0 Å². The van der Waals surface area contributed by atoms with Gasteiger partial charge in [-0.25, -0.2) is 0 Å². The Balaban J connectivity index is 3.45. The van der Waals surface area contributed by atoms with Crippen molar-refractivity contribution in [1.82, 2.24) is 0 Å². The SMILES string of the molecule is O=CC=CC(O)CCCCCC(C=O)C=O. The molecular formula is C12H18O4. The first kappa shape index (κ1) is 14.7. The fourth-order valence-corrected chi connectivity index (χ4v) is 1.35. The van der Waals surface area contributed by atoms with Gasteiger partial charge in [0.15, 0.2) is 0 Å². The molecule has 0 aromatic carbocycles. The van der Waals surface area contributed by atoms with Gasteiger partial charge in [0.2, 0.25) is 0 Å². The first-order valence-electron chi connectivity index (χ1n) is 5.45. The first-order chi connectivity index (χ1) is 7.74. The number of unbranched alkanes of at least 4 members (excludes halogenated alkanes) is 2. The molecule has 0 aliphatic rings. The van der Waals surface area contributed by atoms with Gasteiger partial charge in [-0.2, -0.15) is 0 Å². The molecule has 0 fully saturated rings. The fourth-order valence-electron chi connectivity index (χ4n) is 1.35. The Hall–Kier alpha value is -1.29. The maximum Gasteiger partial charge on any atom is 0.142 e. The Morgan fingerprint density at radius 2 is 1.56 bits per heavy atom. The topological polar surface area (TPSA) is 71.4 Å². The average Bonchev–Trinajstić information content (AvgIpc) is 2.31. The molecule has 0 heterocycles. The lowest BCUT2D eigenvalue weighted by molar-refractivity contribution is -0.119. The van der Waals surface area contributed by atoms with Crippen molar-refractivity contribution in [2.45, 2.75) is 38.2 Å². The van der Waals surface area contributed by atoms with Crippen LogP contribution in [0.2, 0.25) is 0 Å². The minimum atomic E-state index is -0.585. The monoisotopic (exact) mass is 226 g/mol. The van der Waals surface area contributed by atoms with Crippen molar-refractivity contribution in [3.8, 4) is 0 Å². The van der Waals surface area contributed by atoms with E-state index >= 15 is 0 Å². The third-order valence-electron chi connectivity index (χ3n) is 2.30. The van der Waals surface area contributed by atoms with E-state index in [1.165, 1.54) is 12.2 Å². The van der Waals surface area contributed by atoms with E-state index < -0.39 is 12.0 Å². The molecule has 90 valence electrons. The van der Waals surface area contributed by atoms with Crippen molar-refractivity contribution >= 4 is 18.9 Å². The number of aliphatic hydroxyl groups is 1. The summed E-state index contributed by atoms with van der Waals surface area (Å²) in [7, 11) is 0. The molecule has 0 spiro atoms. The number of rotatable bonds is 10. The van der Waals surface area contributed by atoms with Crippen LogP contribution in [-0.4, -0.2) is 30.1 Å². The highest BCUT2D eigenvalue weighted by molar-refractivity contribution is 5.77. The predicted molar refractivity (Wildman–Crippen MR) is 59.9 cm³/mol. The van der Waals surface area contributed by atoms with Gasteiger partial charge in [-0.15, -0.1) is 0 Å².